The van der Waals surface area contributed by atoms with E-state index >= 15 is 0 Å². The highest BCUT2D eigenvalue weighted by Gasteiger charge is 2.14. The van der Waals surface area contributed by atoms with Gasteiger partial charge in [0.1, 0.15) is 6.26 Å². The first-order chi connectivity index (χ1) is 8.17. The topological polar surface area (TPSA) is 55.9 Å². The number of nitrogens with one attached hydrogen (secondary N) is 1. The molecule has 2 aromatic heterocycles. The smallest absolute Gasteiger partial charge is 0.323 e. The lowest BCUT2D eigenvalue weighted by atomic mass is 10.1. The third kappa shape index (κ3) is 2.10. The molecule has 5 nitrogen and oxygen atoms in total. The van der Waals surface area contributed by atoms with E-state index in [0.717, 1.165) is 23.5 Å². The van der Waals surface area contributed by atoms with Crippen molar-refractivity contribution in [1.29, 1.82) is 0 Å². The van der Waals surface area contributed by atoms with Crippen LogP contribution in [0.1, 0.15) is 29.6 Å². The first-order valence-corrected chi connectivity index (χ1v) is 5.81. The Hall–Kier alpha value is -1.62. The van der Waals surface area contributed by atoms with Gasteiger partial charge in [-0.2, -0.15) is 14.8 Å². The Morgan fingerprint density at radius 3 is 2.76 bits per heavy atom. The highest BCUT2D eigenvalue weighted by atomic mass is 16.4. The van der Waals surface area contributed by atoms with Gasteiger partial charge in [-0.05, 0) is 32.9 Å². The second-order valence-electron chi connectivity index (χ2n) is 4.07. The van der Waals surface area contributed by atoms with Crippen LogP contribution in [0.3, 0.4) is 0 Å². The van der Waals surface area contributed by atoms with Gasteiger partial charge >= 0.3 is 6.01 Å². The Morgan fingerprint density at radius 2 is 2.18 bits per heavy atom. The third-order valence-corrected chi connectivity index (χ3v) is 2.87. The van der Waals surface area contributed by atoms with Crippen LogP contribution >= 0.6 is 0 Å². The summed E-state index contributed by atoms with van der Waals surface area (Å²) in [6.07, 6.45) is 2.63. The van der Waals surface area contributed by atoms with Crippen LogP contribution in [0.2, 0.25) is 0 Å². The first-order valence-electron chi connectivity index (χ1n) is 5.81. The average molecular weight is 234 g/mol. The van der Waals surface area contributed by atoms with Gasteiger partial charge in [-0.3, -0.25) is 0 Å². The minimum absolute atomic E-state index is 0.538. The number of hydrogen-bond acceptors (Lipinski definition) is 4. The van der Waals surface area contributed by atoms with Crippen molar-refractivity contribution in [2.75, 3.05) is 7.05 Å². The Kier molecular flexibility index (Phi) is 3.28. The maximum Gasteiger partial charge on any atom is 0.323 e. The average Bonchev–Trinajstić information content (AvgIpc) is 2.85. The summed E-state index contributed by atoms with van der Waals surface area (Å²) in [7, 11) is 1.88. The highest BCUT2D eigenvalue weighted by Crippen LogP contribution is 2.17. The van der Waals surface area contributed by atoms with Gasteiger partial charge in [0.25, 0.3) is 0 Å². The first kappa shape index (κ1) is 11.9. The van der Waals surface area contributed by atoms with Gasteiger partial charge in [-0.15, -0.1) is 0 Å². The lowest BCUT2D eigenvalue weighted by molar-refractivity contribution is 0.504. The van der Waals surface area contributed by atoms with Crippen molar-refractivity contribution in [3.8, 4) is 6.01 Å². The van der Waals surface area contributed by atoms with E-state index in [1.54, 1.807) is 10.9 Å². The maximum atomic E-state index is 5.45. The number of aryl methyl sites for hydroxylation is 1. The molecular formula is C12H18N4O. The zero-order valence-corrected chi connectivity index (χ0v) is 10.7. The number of rotatable bonds is 4. The molecule has 5 heteroatoms. The van der Waals surface area contributed by atoms with Crippen molar-refractivity contribution in [3.05, 3.63) is 28.9 Å². The fraction of sp³-hybridized carbons (Fsp3) is 0.500. The number of hydrogen-bond donors (Lipinski definition) is 1. The van der Waals surface area contributed by atoms with E-state index in [4.69, 9.17) is 4.42 Å². The molecule has 0 bridgehead atoms. The Morgan fingerprint density at radius 1 is 1.41 bits per heavy atom. The van der Waals surface area contributed by atoms with E-state index in [-0.39, 0.29) is 0 Å². The van der Waals surface area contributed by atoms with E-state index in [1.165, 1.54) is 5.56 Å². The quantitative estimate of drug-likeness (QED) is 0.875. The molecule has 17 heavy (non-hydrogen) atoms. The number of oxazole rings is 1. The van der Waals surface area contributed by atoms with Crippen molar-refractivity contribution in [2.45, 2.75) is 33.7 Å². The van der Waals surface area contributed by atoms with Gasteiger partial charge in [0.15, 0.2) is 0 Å². The molecule has 0 amide bonds. The molecule has 1 N–H and O–H groups in total. The number of aromatic nitrogens is 3. The molecule has 0 saturated heterocycles. The number of nitrogens with zero attached hydrogens (tertiary/aromatic N) is 3. The van der Waals surface area contributed by atoms with Crippen LogP contribution in [-0.4, -0.2) is 21.8 Å². The maximum absolute atomic E-state index is 5.45. The summed E-state index contributed by atoms with van der Waals surface area (Å²) in [5.74, 6) is 0. The van der Waals surface area contributed by atoms with Gasteiger partial charge in [0.05, 0.1) is 11.4 Å². The fourth-order valence-corrected chi connectivity index (χ4v) is 2.03. The largest absolute Gasteiger partial charge is 0.430 e. The van der Waals surface area contributed by atoms with Gasteiger partial charge < -0.3 is 9.73 Å². The molecule has 0 aliphatic carbocycles. The molecule has 2 heterocycles. The summed E-state index contributed by atoms with van der Waals surface area (Å²) in [5.41, 5.74) is 4.28. The van der Waals surface area contributed by atoms with Crippen LogP contribution in [0, 0.1) is 13.8 Å². The zero-order chi connectivity index (χ0) is 12.4. The lowest BCUT2D eigenvalue weighted by Gasteiger charge is -1.98. The molecule has 0 aromatic carbocycles. The van der Waals surface area contributed by atoms with Crippen molar-refractivity contribution in [1.82, 2.24) is 20.1 Å². The van der Waals surface area contributed by atoms with E-state index in [9.17, 15) is 0 Å². The summed E-state index contributed by atoms with van der Waals surface area (Å²) < 4.78 is 7.22. The summed E-state index contributed by atoms with van der Waals surface area (Å²) in [6, 6.07) is 0.538. The molecule has 2 aromatic rings. The van der Waals surface area contributed by atoms with E-state index in [0.29, 0.717) is 12.6 Å². The zero-order valence-electron chi connectivity index (χ0n) is 10.7. The summed E-state index contributed by atoms with van der Waals surface area (Å²) in [4.78, 5) is 4.39. The van der Waals surface area contributed by atoms with Crippen LogP contribution < -0.4 is 5.32 Å². The second kappa shape index (κ2) is 4.71. The molecule has 2 rings (SSSR count). The van der Waals surface area contributed by atoms with Crippen molar-refractivity contribution < 1.29 is 4.42 Å². The Balaban J connectivity index is 2.38. The summed E-state index contributed by atoms with van der Waals surface area (Å²) >= 11 is 0. The van der Waals surface area contributed by atoms with E-state index in [1.807, 2.05) is 20.9 Å². The molecule has 0 fully saturated rings. The van der Waals surface area contributed by atoms with Crippen molar-refractivity contribution in [2.24, 2.45) is 0 Å². The molecule has 0 radical (unpaired) electrons. The minimum atomic E-state index is 0.538. The lowest BCUT2D eigenvalue weighted by Crippen LogP contribution is -2.06. The van der Waals surface area contributed by atoms with E-state index in [2.05, 4.69) is 22.3 Å². The normalized spacial score (nSPS) is 11.1. The van der Waals surface area contributed by atoms with Crippen molar-refractivity contribution in [3.63, 3.8) is 0 Å². The van der Waals surface area contributed by atoms with Gasteiger partial charge in [0.2, 0.25) is 0 Å². The monoisotopic (exact) mass is 234 g/mol. The van der Waals surface area contributed by atoms with Gasteiger partial charge in [0, 0.05) is 12.2 Å². The predicted molar refractivity (Wildman–Crippen MR) is 65.2 cm³/mol. The fourth-order valence-electron chi connectivity index (χ4n) is 2.03. The van der Waals surface area contributed by atoms with Gasteiger partial charge in [-0.25, -0.2) is 0 Å². The summed E-state index contributed by atoms with van der Waals surface area (Å²) in [6.45, 7) is 6.88. The molecule has 0 aliphatic heterocycles. The van der Waals surface area contributed by atoms with Gasteiger partial charge in [-0.1, -0.05) is 6.92 Å². The van der Waals surface area contributed by atoms with E-state index < -0.39 is 0 Å². The molecule has 0 atom stereocenters. The minimum Gasteiger partial charge on any atom is -0.430 e. The molecule has 0 unspecified atom stereocenters. The van der Waals surface area contributed by atoms with Crippen molar-refractivity contribution >= 4 is 0 Å². The van der Waals surface area contributed by atoms with Crippen LogP contribution in [-0.2, 0) is 13.0 Å². The molecule has 0 saturated carbocycles. The highest BCUT2D eigenvalue weighted by molar-refractivity contribution is 5.28. The SMILES string of the molecule is CCc1c(C)nn(-c2nc(CNC)co2)c1C. The third-order valence-electron chi connectivity index (χ3n) is 2.87. The van der Waals surface area contributed by atoms with Crippen LogP contribution in [0.4, 0.5) is 0 Å². The molecule has 92 valence electrons. The molecule has 0 spiro atoms. The second-order valence-corrected chi connectivity index (χ2v) is 4.07. The summed E-state index contributed by atoms with van der Waals surface area (Å²) in [5, 5.41) is 7.50. The molecule has 0 aliphatic rings. The Labute approximate surface area is 101 Å². The van der Waals surface area contributed by atoms with Crippen LogP contribution in [0.25, 0.3) is 6.01 Å². The Bertz CT molecular complexity index is 513. The van der Waals surface area contributed by atoms with Crippen LogP contribution in [0.15, 0.2) is 10.7 Å². The molecular weight excluding hydrogens is 216 g/mol. The van der Waals surface area contributed by atoms with Crippen LogP contribution in [0.5, 0.6) is 0 Å². The standard InChI is InChI=1S/C12H18N4O/c1-5-11-8(2)15-16(9(11)3)12-14-10(6-13-4)7-17-12/h7,13H,5-6H2,1-4H3. The predicted octanol–water partition coefficient (Wildman–Crippen LogP) is 1.76.